The Bertz CT molecular complexity index is 464. The van der Waals surface area contributed by atoms with Gasteiger partial charge in [-0.2, -0.15) is 0 Å². The molecule has 1 aromatic heterocycles. The summed E-state index contributed by atoms with van der Waals surface area (Å²) < 4.78 is 0. The molecule has 0 radical (unpaired) electrons. The number of fused-ring (bicyclic) bond motifs is 2. The second kappa shape index (κ2) is 6.56. The van der Waals surface area contributed by atoms with E-state index in [1.54, 1.807) is 0 Å². The molecule has 0 aliphatic carbocycles. The van der Waals surface area contributed by atoms with Crippen LogP contribution in [0.5, 0.6) is 0 Å². The molecule has 2 unspecified atom stereocenters. The van der Waals surface area contributed by atoms with E-state index in [1.807, 2.05) is 36.3 Å². The second-order valence-electron chi connectivity index (χ2n) is 6.57. The molecule has 4 heteroatoms. The van der Waals surface area contributed by atoms with Gasteiger partial charge in [0.25, 0.3) is 0 Å². The smallest absolute Gasteiger partial charge is 0.222 e. The minimum absolute atomic E-state index is 0.289. The molecular weight excluding hydrogens is 262 g/mol. The van der Waals surface area contributed by atoms with Crippen molar-refractivity contribution >= 4 is 5.91 Å². The lowest BCUT2D eigenvalue weighted by Crippen LogP contribution is -2.40. The van der Waals surface area contributed by atoms with Gasteiger partial charge in [0.2, 0.25) is 5.91 Å². The van der Waals surface area contributed by atoms with Gasteiger partial charge in [0, 0.05) is 50.4 Å². The molecule has 3 rings (SSSR count). The number of rotatable bonds is 5. The van der Waals surface area contributed by atoms with Gasteiger partial charge in [0.1, 0.15) is 0 Å². The molecule has 2 saturated heterocycles. The van der Waals surface area contributed by atoms with E-state index in [0.29, 0.717) is 24.4 Å². The molecule has 2 aliphatic heterocycles. The van der Waals surface area contributed by atoms with Crippen molar-refractivity contribution in [1.29, 1.82) is 0 Å². The SMILES string of the molecule is CN(CCc1ccccn1)C(=O)CC1CC2CCC(C1)N2. The van der Waals surface area contributed by atoms with Gasteiger partial charge in [-0.1, -0.05) is 6.07 Å². The lowest BCUT2D eigenvalue weighted by atomic mass is 9.89. The predicted octanol–water partition coefficient (Wildman–Crippen LogP) is 2.00. The normalized spacial score (nSPS) is 27.6. The first-order valence-electron chi connectivity index (χ1n) is 8.10. The van der Waals surface area contributed by atoms with Crippen LogP contribution in [0.3, 0.4) is 0 Å². The number of carbonyl (C=O) groups is 1. The third-order valence-electron chi connectivity index (χ3n) is 4.89. The fourth-order valence-electron chi connectivity index (χ4n) is 3.70. The fraction of sp³-hybridized carbons (Fsp3) is 0.647. The Morgan fingerprint density at radius 1 is 1.33 bits per heavy atom. The molecule has 21 heavy (non-hydrogen) atoms. The average Bonchev–Trinajstić information content (AvgIpc) is 2.84. The van der Waals surface area contributed by atoms with Crippen molar-refractivity contribution in [3.8, 4) is 0 Å². The number of carbonyl (C=O) groups excluding carboxylic acids is 1. The Balaban J connectivity index is 1.44. The van der Waals surface area contributed by atoms with Crippen molar-refractivity contribution in [3.63, 3.8) is 0 Å². The summed E-state index contributed by atoms with van der Waals surface area (Å²) in [5, 5.41) is 3.64. The predicted molar refractivity (Wildman–Crippen MR) is 82.9 cm³/mol. The van der Waals surface area contributed by atoms with E-state index >= 15 is 0 Å². The zero-order valence-electron chi connectivity index (χ0n) is 12.8. The third-order valence-corrected chi connectivity index (χ3v) is 4.89. The molecule has 1 aromatic rings. The highest BCUT2D eigenvalue weighted by Crippen LogP contribution is 2.32. The van der Waals surface area contributed by atoms with E-state index in [0.717, 1.165) is 18.7 Å². The van der Waals surface area contributed by atoms with Gasteiger partial charge in [0.05, 0.1) is 0 Å². The fourth-order valence-corrected chi connectivity index (χ4v) is 3.70. The van der Waals surface area contributed by atoms with Crippen LogP contribution in [-0.2, 0) is 11.2 Å². The van der Waals surface area contributed by atoms with Crippen LogP contribution in [0.4, 0.5) is 0 Å². The molecule has 4 nitrogen and oxygen atoms in total. The van der Waals surface area contributed by atoms with E-state index in [2.05, 4.69) is 10.3 Å². The van der Waals surface area contributed by atoms with Crippen molar-refractivity contribution in [1.82, 2.24) is 15.2 Å². The summed E-state index contributed by atoms with van der Waals surface area (Å²) >= 11 is 0. The number of likely N-dealkylation sites (N-methyl/N-ethyl adjacent to an activating group) is 1. The molecule has 2 aliphatic rings. The molecule has 3 heterocycles. The minimum atomic E-state index is 0.289. The molecule has 1 N–H and O–H groups in total. The Morgan fingerprint density at radius 2 is 2.10 bits per heavy atom. The largest absolute Gasteiger partial charge is 0.345 e. The molecule has 0 spiro atoms. The van der Waals surface area contributed by atoms with Gasteiger partial charge in [-0.15, -0.1) is 0 Å². The van der Waals surface area contributed by atoms with E-state index in [1.165, 1.54) is 25.7 Å². The van der Waals surface area contributed by atoms with Crippen LogP contribution in [0.25, 0.3) is 0 Å². The van der Waals surface area contributed by atoms with Crippen LogP contribution in [0.15, 0.2) is 24.4 Å². The summed E-state index contributed by atoms with van der Waals surface area (Å²) in [4.78, 5) is 18.5. The first-order valence-corrected chi connectivity index (χ1v) is 8.10. The molecule has 1 amide bonds. The lowest BCUT2D eigenvalue weighted by molar-refractivity contribution is -0.131. The number of piperidine rings is 1. The zero-order valence-corrected chi connectivity index (χ0v) is 12.8. The van der Waals surface area contributed by atoms with E-state index in [4.69, 9.17) is 0 Å². The summed E-state index contributed by atoms with van der Waals surface area (Å²) in [5.74, 6) is 0.866. The van der Waals surface area contributed by atoms with Crippen LogP contribution < -0.4 is 5.32 Å². The molecule has 2 atom stereocenters. The maximum atomic E-state index is 12.4. The van der Waals surface area contributed by atoms with Gasteiger partial charge in [0.15, 0.2) is 0 Å². The van der Waals surface area contributed by atoms with Crippen molar-refractivity contribution in [2.45, 2.75) is 50.6 Å². The number of hydrogen-bond donors (Lipinski definition) is 1. The molecule has 0 aromatic carbocycles. The molecule has 114 valence electrons. The van der Waals surface area contributed by atoms with Crippen molar-refractivity contribution < 1.29 is 4.79 Å². The highest BCUT2D eigenvalue weighted by Gasteiger charge is 2.34. The summed E-state index contributed by atoms with van der Waals surface area (Å²) in [6, 6.07) is 7.27. The zero-order chi connectivity index (χ0) is 14.7. The van der Waals surface area contributed by atoms with Crippen molar-refractivity contribution in [3.05, 3.63) is 30.1 Å². The Labute approximate surface area is 126 Å². The quantitative estimate of drug-likeness (QED) is 0.901. The monoisotopic (exact) mass is 287 g/mol. The number of pyridine rings is 1. The van der Waals surface area contributed by atoms with Crippen LogP contribution >= 0.6 is 0 Å². The first kappa shape index (κ1) is 14.5. The Hall–Kier alpha value is -1.42. The molecule has 2 fully saturated rings. The van der Waals surface area contributed by atoms with Gasteiger partial charge in [-0.05, 0) is 43.7 Å². The number of amides is 1. The molecular formula is C17H25N3O. The van der Waals surface area contributed by atoms with Crippen LogP contribution in [0.2, 0.25) is 0 Å². The standard InChI is InChI=1S/C17H25N3O/c1-20(9-7-14-4-2-3-8-18-14)17(21)12-13-10-15-5-6-16(11-13)19-15/h2-4,8,13,15-16,19H,5-7,9-12H2,1H3. The topological polar surface area (TPSA) is 45.2 Å². The first-order chi connectivity index (χ1) is 10.2. The number of nitrogens with zero attached hydrogens (tertiary/aromatic N) is 2. The highest BCUT2D eigenvalue weighted by molar-refractivity contribution is 5.76. The van der Waals surface area contributed by atoms with Crippen LogP contribution in [0, 0.1) is 5.92 Å². The summed E-state index contributed by atoms with van der Waals surface area (Å²) in [6.45, 7) is 0.758. The van der Waals surface area contributed by atoms with Gasteiger partial charge >= 0.3 is 0 Å². The van der Waals surface area contributed by atoms with Crippen molar-refractivity contribution in [2.24, 2.45) is 5.92 Å². The molecule has 2 bridgehead atoms. The van der Waals surface area contributed by atoms with Crippen molar-refractivity contribution in [2.75, 3.05) is 13.6 Å². The number of aromatic nitrogens is 1. The van der Waals surface area contributed by atoms with Crippen LogP contribution in [-0.4, -0.2) is 41.5 Å². The minimum Gasteiger partial charge on any atom is -0.345 e. The Kier molecular flexibility index (Phi) is 4.54. The average molecular weight is 287 g/mol. The Morgan fingerprint density at radius 3 is 2.76 bits per heavy atom. The van der Waals surface area contributed by atoms with Gasteiger partial charge < -0.3 is 10.2 Å². The van der Waals surface area contributed by atoms with Gasteiger partial charge in [-0.25, -0.2) is 0 Å². The number of hydrogen-bond acceptors (Lipinski definition) is 3. The summed E-state index contributed by atoms with van der Waals surface area (Å²) in [7, 11) is 1.92. The maximum Gasteiger partial charge on any atom is 0.222 e. The third kappa shape index (κ3) is 3.82. The van der Waals surface area contributed by atoms with Gasteiger partial charge in [-0.3, -0.25) is 9.78 Å². The summed E-state index contributed by atoms with van der Waals surface area (Å²) in [6.07, 6.45) is 8.30. The highest BCUT2D eigenvalue weighted by atomic mass is 16.2. The van der Waals surface area contributed by atoms with E-state index in [-0.39, 0.29) is 5.91 Å². The van der Waals surface area contributed by atoms with Crippen LogP contribution in [0.1, 0.15) is 37.8 Å². The van der Waals surface area contributed by atoms with E-state index in [9.17, 15) is 4.79 Å². The lowest BCUT2D eigenvalue weighted by Gasteiger charge is -2.30. The number of nitrogens with one attached hydrogen (secondary N) is 1. The summed E-state index contributed by atoms with van der Waals surface area (Å²) in [5.41, 5.74) is 1.05. The molecule has 0 saturated carbocycles. The maximum absolute atomic E-state index is 12.4. The second-order valence-corrected chi connectivity index (χ2v) is 6.57. The van der Waals surface area contributed by atoms with E-state index < -0.39 is 0 Å².